The van der Waals surface area contributed by atoms with Gasteiger partial charge in [0.05, 0.1) is 6.54 Å². The summed E-state index contributed by atoms with van der Waals surface area (Å²) < 4.78 is 0. The molecule has 1 aliphatic heterocycles. The quantitative estimate of drug-likeness (QED) is 0.925. The Kier molecular flexibility index (Phi) is 3.52. The van der Waals surface area contributed by atoms with Crippen LogP contribution in [-0.4, -0.2) is 23.9 Å². The summed E-state index contributed by atoms with van der Waals surface area (Å²) in [6.45, 7) is 1.95. The molecule has 2 aromatic carbocycles. The van der Waals surface area contributed by atoms with Crippen molar-refractivity contribution in [2.24, 2.45) is 5.73 Å². The molecule has 0 aromatic heterocycles. The van der Waals surface area contributed by atoms with Crippen LogP contribution in [0.2, 0.25) is 0 Å². The zero-order chi connectivity index (χ0) is 13.9. The Morgan fingerprint density at radius 3 is 2.55 bits per heavy atom. The zero-order valence-corrected chi connectivity index (χ0v) is 11.3. The molecule has 0 unspecified atom stereocenters. The Labute approximate surface area is 119 Å². The third-order valence-electron chi connectivity index (χ3n) is 3.85. The molecule has 0 saturated heterocycles. The molecule has 1 heterocycles. The molecule has 2 N–H and O–H groups in total. The summed E-state index contributed by atoms with van der Waals surface area (Å²) in [5.41, 5.74) is 9.28. The first-order valence-corrected chi connectivity index (χ1v) is 6.87. The zero-order valence-electron chi connectivity index (χ0n) is 11.3. The molecule has 1 amide bonds. The number of nitrogens with zero attached hydrogens (tertiary/aromatic N) is 1. The normalized spacial score (nSPS) is 18.5. The maximum Gasteiger partial charge on any atom is 0.231 e. The van der Waals surface area contributed by atoms with E-state index in [-0.39, 0.29) is 5.91 Å². The average molecular weight is 266 g/mol. The van der Waals surface area contributed by atoms with Gasteiger partial charge in [-0.1, -0.05) is 54.6 Å². The van der Waals surface area contributed by atoms with Crippen LogP contribution in [0.1, 0.15) is 22.6 Å². The molecule has 1 aliphatic rings. The molecule has 3 nitrogen and oxygen atoms in total. The van der Waals surface area contributed by atoms with Gasteiger partial charge in [0.1, 0.15) is 0 Å². The van der Waals surface area contributed by atoms with Crippen LogP contribution in [0.4, 0.5) is 0 Å². The molecule has 3 rings (SSSR count). The Morgan fingerprint density at radius 2 is 1.80 bits per heavy atom. The fourth-order valence-corrected chi connectivity index (χ4v) is 2.99. The van der Waals surface area contributed by atoms with E-state index in [4.69, 9.17) is 5.73 Å². The topological polar surface area (TPSA) is 46.3 Å². The summed E-state index contributed by atoms with van der Waals surface area (Å²) in [5.74, 6) is 0.0386. The molecular weight excluding hydrogens is 248 g/mol. The van der Waals surface area contributed by atoms with E-state index in [0.717, 1.165) is 13.1 Å². The number of amides is 1. The highest BCUT2D eigenvalue weighted by atomic mass is 16.1. The van der Waals surface area contributed by atoms with Crippen molar-refractivity contribution < 1.29 is 4.79 Å². The van der Waals surface area contributed by atoms with Crippen LogP contribution < -0.4 is 5.73 Å². The fourth-order valence-electron chi connectivity index (χ4n) is 2.99. The first-order chi connectivity index (χ1) is 9.74. The molecule has 1 atom stereocenters. The monoisotopic (exact) mass is 266 g/mol. The number of carbonyl (C=O) groups excluding carboxylic acids is 1. The van der Waals surface area contributed by atoms with E-state index in [9.17, 15) is 4.79 Å². The van der Waals surface area contributed by atoms with Crippen molar-refractivity contribution in [1.82, 2.24) is 4.90 Å². The lowest BCUT2D eigenvalue weighted by Gasteiger charge is -2.34. The molecule has 3 heteroatoms. The fraction of sp³-hybridized carbons (Fsp3) is 0.235. The lowest BCUT2D eigenvalue weighted by Crippen LogP contribution is -2.39. The minimum atomic E-state index is -0.267. The number of benzene rings is 2. The van der Waals surface area contributed by atoms with Crippen LogP contribution in [0.15, 0.2) is 54.6 Å². The van der Waals surface area contributed by atoms with Gasteiger partial charge in [-0.15, -0.1) is 0 Å². The highest BCUT2D eigenvalue weighted by Gasteiger charge is 2.26. The average Bonchev–Trinajstić information content (AvgIpc) is 2.47. The summed E-state index contributed by atoms with van der Waals surface area (Å²) in [7, 11) is 0. The van der Waals surface area contributed by atoms with Gasteiger partial charge in [0.2, 0.25) is 5.91 Å². The second kappa shape index (κ2) is 5.47. The van der Waals surface area contributed by atoms with Gasteiger partial charge in [-0.25, -0.2) is 0 Å². The van der Waals surface area contributed by atoms with Gasteiger partial charge in [-0.2, -0.15) is 0 Å². The second-order valence-electron chi connectivity index (χ2n) is 5.30. The molecule has 0 aliphatic carbocycles. The van der Waals surface area contributed by atoms with Crippen molar-refractivity contribution in [3.63, 3.8) is 0 Å². The molecule has 0 fully saturated rings. The third-order valence-corrected chi connectivity index (χ3v) is 3.85. The molecule has 102 valence electrons. The number of primary amides is 1. The Balaban J connectivity index is 1.97. The SMILES string of the molecule is NC(=O)CN1Cc2ccccc2[C@@H](c2ccccc2)C1. The first kappa shape index (κ1) is 12.9. The van der Waals surface area contributed by atoms with E-state index < -0.39 is 0 Å². The number of fused-ring (bicyclic) bond motifs is 1. The van der Waals surface area contributed by atoms with Crippen LogP contribution in [0.25, 0.3) is 0 Å². The van der Waals surface area contributed by atoms with Gasteiger partial charge in [-0.3, -0.25) is 9.69 Å². The molecule has 0 spiro atoms. The summed E-state index contributed by atoms with van der Waals surface area (Å²) in [6, 6.07) is 18.9. The van der Waals surface area contributed by atoms with E-state index >= 15 is 0 Å². The van der Waals surface area contributed by atoms with Gasteiger partial charge in [0.25, 0.3) is 0 Å². The van der Waals surface area contributed by atoms with Crippen LogP contribution in [0, 0.1) is 0 Å². The second-order valence-corrected chi connectivity index (χ2v) is 5.30. The van der Waals surface area contributed by atoms with Crippen molar-refractivity contribution in [3.05, 3.63) is 71.3 Å². The van der Waals surface area contributed by atoms with Crippen LogP contribution in [-0.2, 0) is 11.3 Å². The van der Waals surface area contributed by atoms with Crippen molar-refractivity contribution >= 4 is 5.91 Å². The van der Waals surface area contributed by atoms with Gasteiger partial charge < -0.3 is 5.73 Å². The summed E-state index contributed by atoms with van der Waals surface area (Å²) in [4.78, 5) is 13.3. The largest absolute Gasteiger partial charge is 0.369 e. The standard InChI is InChI=1S/C17H18N2O/c18-17(20)12-19-10-14-8-4-5-9-15(14)16(11-19)13-6-2-1-3-7-13/h1-9,16H,10-12H2,(H2,18,20)/t16-/m1/s1. The van der Waals surface area contributed by atoms with E-state index in [1.807, 2.05) is 6.07 Å². The van der Waals surface area contributed by atoms with Gasteiger partial charge in [-0.05, 0) is 16.7 Å². The number of hydrogen-bond donors (Lipinski definition) is 1. The molecule has 0 saturated carbocycles. The highest BCUT2D eigenvalue weighted by Crippen LogP contribution is 2.33. The van der Waals surface area contributed by atoms with Crippen molar-refractivity contribution in [3.8, 4) is 0 Å². The third kappa shape index (κ3) is 2.58. The van der Waals surface area contributed by atoms with Crippen molar-refractivity contribution in [1.29, 1.82) is 0 Å². The lowest BCUT2D eigenvalue weighted by atomic mass is 9.85. The number of nitrogens with two attached hydrogens (primary N) is 1. The summed E-state index contributed by atoms with van der Waals surface area (Å²) in [5, 5.41) is 0. The Morgan fingerprint density at radius 1 is 1.10 bits per heavy atom. The Bertz CT molecular complexity index is 609. The van der Waals surface area contributed by atoms with Gasteiger partial charge >= 0.3 is 0 Å². The van der Waals surface area contributed by atoms with Crippen molar-refractivity contribution in [2.75, 3.05) is 13.1 Å². The molecule has 20 heavy (non-hydrogen) atoms. The lowest BCUT2D eigenvalue weighted by molar-refractivity contribution is -0.119. The van der Waals surface area contributed by atoms with Crippen molar-refractivity contribution in [2.45, 2.75) is 12.5 Å². The van der Waals surface area contributed by atoms with E-state index in [0.29, 0.717) is 12.5 Å². The molecule has 0 bridgehead atoms. The predicted molar refractivity (Wildman–Crippen MR) is 79.2 cm³/mol. The summed E-state index contributed by atoms with van der Waals surface area (Å²) in [6.07, 6.45) is 0. The van der Waals surface area contributed by atoms with E-state index in [1.165, 1.54) is 16.7 Å². The minimum absolute atomic E-state index is 0.267. The highest BCUT2D eigenvalue weighted by molar-refractivity contribution is 5.76. The minimum Gasteiger partial charge on any atom is -0.369 e. The van der Waals surface area contributed by atoms with Gasteiger partial charge in [0, 0.05) is 19.0 Å². The van der Waals surface area contributed by atoms with Crippen LogP contribution >= 0.6 is 0 Å². The number of hydrogen-bond acceptors (Lipinski definition) is 2. The van der Waals surface area contributed by atoms with E-state index in [2.05, 4.69) is 53.4 Å². The number of carbonyl (C=O) groups is 1. The molecule has 0 radical (unpaired) electrons. The first-order valence-electron chi connectivity index (χ1n) is 6.87. The molecular formula is C17H18N2O. The maximum absolute atomic E-state index is 11.2. The maximum atomic E-state index is 11.2. The predicted octanol–water partition coefficient (Wildman–Crippen LogP) is 2.12. The van der Waals surface area contributed by atoms with Gasteiger partial charge in [0.15, 0.2) is 0 Å². The number of rotatable bonds is 3. The molecule has 2 aromatic rings. The van der Waals surface area contributed by atoms with Crippen LogP contribution in [0.5, 0.6) is 0 Å². The summed E-state index contributed by atoms with van der Waals surface area (Å²) >= 11 is 0. The van der Waals surface area contributed by atoms with Crippen LogP contribution in [0.3, 0.4) is 0 Å². The smallest absolute Gasteiger partial charge is 0.231 e. The van der Waals surface area contributed by atoms with E-state index in [1.54, 1.807) is 0 Å². The Hall–Kier alpha value is -2.13.